The van der Waals surface area contributed by atoms with Gasteiger partial charge in [0.05, 0.1) is 4.92 Å². The van der Waals surface area contributed by atoms with E-state index in [1.807, 2.05) is 0 Å². The van der Waals surface area contributed by atoms with E-state index < -0.39 is 22.6 Å². The van der Waals surface area contributed by atoms with E-state index in [-0.39, 0.29) is 17.0 Å². The maximum absolute atomic E-state index is 12.0. The molecule has 0 amide bonds. The van der Waals surface area contributed by atoms with Gasteiger partial charge >= 0.3 is 11.9 Å². The molecule has 8 nitrogen and oxygen atoms in total. The van der Waals surface area contributed by atoms with Crippen molar-refractivity contribution in [3.05, 3.63) is 56.3 Å². The number of carbonyl (C=O) groups excluding carboxylic acids is 2. The lowest BCUT2D eigenvalue weighted by molar-refractivity contribution is -0.384. The van der Waals surface area contributed by atoms with E-state index in [1.165, 1.54) is 38.1 Å². The second-order valence-corrected chi connectivity index (χ2v) is 6.71. The molecule has 0 aliphatic carbocycles. The largest absolute Gasteiger partial charge is 0.457 e. The molecule has 1 saturated heterocycles. The van der Waals surface area contributed by atoms with Gasteiger partial charge in [0.15, 0.2) is 0 Å². The van der Waals surface area contributed by atoms with Crippen molar-refractivity contribution in [1.29, 1.82) is 0 Å². The lowest BCUT2D eigenvalue weighted by Crippen LogP contribution is -2.41. The zero-order valence-electron chi connectivity index (χ0n) is 13.6. The summed E-state index contributed by atoms with van der Waals surface area (Å²) in [6.45, 7) is 2.91. The Bertz CT molecular complexity index is 936. The summed E-state index contributed by atoms with van der Waals surface area (Å²) in [6.07, 6.45) is 1.22. The van der Waals surface area contributed by atoms with Crippen molar-refractivity contribution >= 4 is 39.6 Å². The number of esters is 2. The van der Waals surface area contributed by atoms with Crippen LogP contribution in [0.15, 0.2) is 44.8 Å². The summed E-state index contributed by atoms with van der Waals surface area (Å²) < 4.78 is 16.1. The number of halogens is 1. The Hall–Kier alpha value is -2.94. The molecule has 0 radical (unpaired) electrons. The summed E-state index contributed by atoms with van der Waals surface area (Å²) in [5.74, 6) is -2.30. The standard InChI is InChI=1S/C17H12BrNO7/c1-17(2)25-15(20)12(16(21)26-17)8-10-4-6-14(24-10)11-5-3-9(19(22)23)7-13(11)18/h3-8H,1-2H3. The molecule has 1 aliphatic rings. The van der Waals surface area contributed by atoms with E-state index in [0.717, 1.165) is 0 Å². The van der Waals surface area contributed by atoms with Crippen LogP contribution in [-0.4, -0.2) is 22.6 Å². The molecule has 2 aromatic rings. The molecular weight excluding hydrogens is 410 g/mol. The van der Waals surface area contributed by atoms with Gasteiger partial charge in [0.2, 0.25) is 0 Å². The molecular formula is C17H12BrNO7. The smallest absolute Gasteiger partial charge is 0.348 e. The number of hydrogen-bond donors (Lipinski definition) is 0. The molecule has 1 aliphatic heterocycles. The fourth-order valence-electron chi connectivity index (χ4n) is 2.31. The maximum atomic E-state index is 12.0. The van der Waals surface area contributed by atoms with Crippen molar-refractivity contribution in [2.24, 2.45) is 0 Å². The number of furan rings is 1. The summed E-state index contributed by atoms with van der Waals surface area (Å²) in [6, 6.07) is 7.40. The predicted octanol–water partition coefficient (Wildman–Crippen LogP) is 3.84. The van der Waals surface area contributed by atoms with Crippen molar-refractivity contribution in [2.45, 2.75) is 19.6 Å². The summed E-state index contributed by atoms with van der Waals surface area (Å²) in [7, 11) is 0. The number of nitro benzene ring substituents is 1. The van der Waals surface area contributed by atoms with Gasteiger partial charge in [-0.15, -0.1) is 0 Å². The molecule has 3 rings (SSSR count). The zero-order chi connectivity index (χ0) is 19.1. The highest BCUT2D eigenvalue weighted by Crippen LogP contribution is 2.33. The third-order valence-corrected chi connectivity index (χ3v) is 4.12. The third kappa shape index (κ3) is 3.52. The van der Waals surface area contributed by atoms with E-state index in [1.54, 1.807) is 12.1 Å². The monoisotopic (exact) mass is 421 g/mol. The molecule has 0 unspecified atom stereocenters. The number of non-ortho nitro benzene ring substituents is 1. The first kappa shape index (κ1) is 17.9. The van der Waals surface area contributed by atoms with Crippen LogP contribution in [0.3, 0.4) is 0 Å². The second-order valence-electron chi connectivity index (χ2n) is 5.86. The van der Waals surface area contributed by atoms with Gasteiger partial charge in [-0.3, -0.25) is 10.1 Å². The van der Waals surface area contributed by atoms with Gasteiger partial charge in [-0.2, -0.15) is 0 Å². The minimum atomic E-state index is -1.32. The number of ether oxygens (including phenoxy) is 2. The highest BCUT2D eigenvalue weighted by Gasteiger charge is 2.39. The number of carbonyl (C=O) groups is 2. The molecule has 0 saturated carbocycles. The summed E-state index contributed by atoms with van der Waals surface area (Å²) in [5.41, 5.74) is 0.230. The lowest BCUT2D eigenvalue weighted by Gasteiger charge is -2.29. The normalized spacial score (nSPS) is 16.0. The Kier molecular flexibility index (Phi) is 4.41. The SMILES string of the molecule is CC1(C)OC(=O)C(=Cc2ccc(-c3ccc([N+](=O)[O-])cc3Br)o2)C(=O)O1. The van der Waals surface area contributed by atoms with E-state index in [2.05, 4.69) is 15.9 Å². The predicted molar refractivity (Wildman–Crippen MR) is 92.7 cm³/mol. The van der Waals surface area contributed by atoms with Crippen LogP contribution in [0.4, 0.5) is 5.69 Å². The zero-order valence-corrected chi connectivity index (χ0v) is 15.2. The molecule has 0 spiro atoms. The van der Waals surface area contributed by atoms with E-state index >= 15 is 0 Å². The summed E-state index contributed by atoms with van der Waals surface area (Å²) in [4.78, 5) is 34.2. The van der Waals surface area contributed by atoms with Crippen LogP contribution < -0.4 is 0 Å². The van der Waals surface area contributed by atoms with E-state index in [0.29, 0.717) is 15.8 Å². The Morgan fingerprint density at radius 1 is 1.12 bits per heavy atom. The Morgan fingerprint density at radius 3 is 2.35 bits per heavy atom. The van der Waals surface area contributed by atoms with Gasteiger partial charge < -0.3 is 13.9 Å². The minimum Gasteiger partial charge on any atom is -0.457 e. The number of hydrogen-bond acceptors (Lipinski definition) is 7. The van der Waals surface area contributed by atoms with Crippen LogP contribution in [0.25, 0.3) is 17.4 Å². The van der Waals surface area contributed by atoms with Gasteiger partial charge in [-0.05, 0) is 34.1 Å². The first-order valence-electron chi connectivity index (χ1n) is 7.39. The summed E-state index contributed by atoms with van der Waals surface area (Å²) in [5, 5.41) is 10.8. The highest BCUT2D eigenvalue weighted by atomic mass is 79.9. The fraction of sp³-hybridized carbons (Fsp3) is 0.176. The molecule has 1 aromatic heterocycles. The first-order chi connectivity index (χ1) is 12.2. The molecule has 1 aromatic carbocycles. The Morgan fingerprint density at radius 2 is 1.77 bits per heavy atom. The summed E-state index contributed by atoms with van der Waals surface area (Å²) >= 11 is 3.26. The maximum Gasteiger partial charge on any atom is 0.348 e. The van der Waals surface area contributed by atoms with Gasteiger partial charge in [0, 0.05) is 42.1 Å². The van der Waals surface area contributed by atoms with Gasteiger partial charge in [-0.25, -0.2) is 9.59 Å². The molecule has 9 heteroatoms. The average molecular weight is 422 g/mol. The van der Waals surface area contributed by atoms with Gasteiger partial charge in [0.25, 0.3) is 11.5 Å². The van der Waals surface area contributed by atoms with Crippen molar-refractivity contribution in [3.8, 4) is 11.3 Å². The molecule has 0 bridgehead atoms. The highest BCUT2D eigenvalue weighted by molar-refractivity contribution is 9.10. The fourth-order valence-corrected chi connectivity index (χ4v) is 2.88. The van der Waals surface area contributed by atoms with Crippen LogP contribution in [-0.2, 0) is 19.1 Å². The van der Waals surface area contributed by atoms with Crippen molar-refractivity contribution in [2.75, 3.05) is 0 Å². The van der Waals surface area contributed by atoms with Gasteiger partial charge in [-0.1, -0.05) is 0 Å². The van der Waals surface area contributed by atoms with E-state index in [4.69, 9.17) is 13.9 Å². The number of nitro groups is 1. The quantitative estimate of drug-likeness (QED) is 0.243. The average Bonchev–Trinajstić information content (AvgIpc) is 2.98. The van der Waals surface area contributed by atoms with Crippen molar-refractivity contribution in [1.82, 2.24) is 0 Å². The lowest BCUT2D eigenvalue weighted by atomic mass is 10.1. The second kappa shape index (κ2) is 6.41. The number of nitrogens with zero attached hydrogens (tertiary/aromatic N) is 1. The van der Waals surface area contributed by atoms with Crippen molar-refractivity contribution in [3.63, 3.8) is 0 Å². The molecule has 2 heterocycles. The number of cyclic esters (lactones) is 2. The van der Waals surface area contributed by atoms with Crippen LogP contribution in [0.5, 0.6) is 0 Å². The number of rotatable bonds is 3. The Labute approximate surface area is 155 Å². The third-order valence-electron chi connectivity index (χ3n) is 3.46. The molecule has 0 N–H and O–H groups in total. The topological polar surface area (TPSA) is 109 Å². The van der Waals surface area contributed by atoms with Crippen LogP contribution in [0, 0.1) is 10.1 Å². The number of benzene rings is 1. The molecule has 1 fully saturated rings. The van der Waals surface area contributed by atoms with Crippen LogP contribution in [0.1, 0.15) is 19.6 Å². The van der Waals surface area contributed by atoms with Crippen molar-refractivity contribution < 1.29 is 28.4 Å². The minimum absolute atomic E-state index is 0.0650. The molecule has 134 valence electrons. The molecule has 0 atom stereocenters. The Balaban J connectivity index is 1.90. The molecule has 26 heavy (non-hydrogen) atoms. The van der Waals surface area contributed by atoms with Crippen LogP contribution in [0.2, 0.25) is 0 Å². The van der Waals surface area contributed by atoms with Gasteiger partial charge in [0.1, 0.15) is 17.1 Å². The van der Waals surface area contributed by atoms with E-state index in [9.17, 15) is 19.7 Å². The van der Waals surface area contributed by atoms with Crippen LogP contribution >= 0.6 is 15.9 Å². The first-order valence-corrected chi connectivity index (χ1v) is 8.18.